The first-order valence-corrected chi connectivity index (χ1v) is 6.50. The monoisotopic (exact) mass is 225 g/mol. The highest BCUT2D eigenvalue weighted by atomic mass is 14.9. The molecule has 0 amide bonds. The van der Waals surface area contributed by atoms with Gasteiger partial charge in [-0.15, -0.1) is 0 Å². The molecule has 88 valence electrons. The van der Waals surface area contributed by atoms with Crippen LogP contribution < -0.4 is 5.32 Å². The Morgan fingerprint density at radius 1 is 1.12 bits per heavy atom. The third-order valence-electron chi connectivity index (χ3n) is 3.98. The van der Waals surface area contributed by atoms with Crippen molar-refractivity contribution in [3.8, 4) is 0 Å². The lowest BCUT2D eigenvalue weighted by Crippen LogP contribution is -2.27. The van der Waals surface area contributed by atoms with E-state index < -0.39 is 0 Å². The van der Waals surface area contributed by atoms with E-state index in [2.05, 4.69) is 55.6 Å². The molecule has 0 spiro atoms. The number of hydrogen-bond donors (Lipinski definition) is 1. The van der Waals surface area contributed by atoms with E-state index in [1.807, 2.05) is 0 Å². The number of nitrogens with one attached hydrogen (secondary N) is 1. The van der Waals surface area contributed by atoms with Gasteiger partial charge in [0.05, 0.1) is 0 Å². The van der Waals surface area contributed by atoms with E-state index in [9.17, 15) is 0 Å². The minimum absolute atomic E-state index is 0.752. The first-order valence-electron chi connectivity index (χ1n) is 6.50. The molecule has 0 aliphatic carbocycles. The van der Waals surface area contributed by atoms with Crippen LogP contribution in [0.5, 0.6) is 0 Å². The average molecular weight is 225 g/mol. The minimum atomic E-state index is 0.752. The molecule has 2 aromatic rings. The van der Waals surface area contributed by atoms with Crippen LogP contribution in [0.4, 0.5) is 5.69 Å². The van der Waals surface area contributed by atoms with Crippen molar-refractivity contribution in [2.24, 2.45) is 11.8 Å². The molecular weight excluding hydrogens is 206 g/mol. The number of benzene rings is 2. The quantitative estimate of drug-likeness (QED) is 0.771. The predicted octanol–water partition coefficient (Wildman–Crippen LogP) is 4.08. The first kappa shape index (κ1) is 10.6. The highest BCUT2D eigenvalue weighted by Gasteiger charge is 2.21. The molecule has 1 aliphatic heterocycles. The summed E-state index contributed by atoms with van der Waals surface area (Å²) < 4.78 is 0. The number of fused-ring (bicyclic) bond motifs is 3. The van der Waals surface area contributed by atoms with Crippen LogP contribution in [0.3, 0.4) is 0 Å². The van der Waals surface area contributed by atoms with Crippen molar-refractivity contribution < 1.29 is 0 Å². The van der Waals surface area contributed by atoms with Crippen molar-refractivity contribution in [1.29, 1.82) is 0 Å². The lowest BCUT2D eigenvalue weighted by molar-refractivity contribution is 0.394. The molecule has 1 heteroatoms. The number of anilines is 1. The summed E-state index contributed by atoms with van der Waals surface area (Å²) in [5.41, 5.74) is 2.84. The van der Waals surface area contributed by atoms with Crippen molar-refractivity contribution in [3.05, 3.63) is 42.0 Å². The Hall–Kier alpha value is -1.50. The van der Waals surface area contributed by atoms with Crippen LogP contribution in [0.2, 0.25) is 0 Å². The highest BCUT2D eigenvalue weighted by Crippen LogP contribution is 2.34. The second kappa shape index (κ2) is 4.06. The van der Waals surface area contributed by atoms with Gasteiger partial charge in [-0.25, -0.2) is 0 Å². The van der Waals surface area contributed by atoms with Crippen LogP contribution in [-0.4, -0.2) is 6.54 Å². The Kier molecular flexibility index (Phi) is 2.54. The molecule has 1 atom stereocenters. The predicted molar refractivity (Wildman–Crippen MR) is 74.5 cm³/mol. The molecule has 1 N–H and O–H groups in total. The van der Waals surface area contributed by atoms with Gasteiger partial charge in [-0.1, -0.05) is 50.2 Å². The van der Waals surface area contributed by atoms with E-state index in [1.165, 1.54) is 28.4 Å². The smallest absolute Gasteiger partial charge is 0.0452 e. The summed E-state index contributed by atoms with van der Waals surface area (Å²) >= 11 is 0. The molecule has 0 bridgehead atoms. The van der Waals surface area contributed by atoms with Crippen molar-refractivity contribution >= 4 is 16.5 Å². The summed E-state index contributed by atoms with van der Waals surface area (Å²) in [6, 6.07) is 13.2. The van der Waals surface area contributed by atoms with E-state index in [0.717, 1.165) is 18.4 Å². The fourth-order valence-corrected chi connectivity index (χ4v) is 2.75. The Balaban J connectivity index is 2.08. The van der Waals surface area contributed by atoms with Crippen molar-refractivity contribution in [2.75, 3.05) is 11.9 Å². The van der Waals surface area contributed by atoms with Crippen LogP contribution in [0.25, 0.3) is 10.8 Å². The van der Waals surface area contributed by atoms with Gasteiger partial charge in [0.15, 0.2) is 0 Å². The van der Waals surface area contributed by atoms with Crippen LogP contribution in [0.1, 0.15) is 19.4 Å². The molecule has 1 heterocycles. The molecule has 1 aliphatic rings. The summed E-state index contributed by atoms with van der Waals surface area (Å²) in [6.45, 7) is 5.75. The Morgan fingerprint density at radius 3 is 2.76 bits per heavy atom. The van der Waals surface area contributed by atoms with Crippen LogP contribution in [-0.2, 0) is 6.42 Å². The van der Waals surface area contributed by atoms with Gasteiger partial charge in [0.2, 0.25) is 0 Å². The highest BCUT2D eigenvalue weighted by molar-refractivity contribution is 5.95. The number of rotatable bonds is 1. The maximum atomic E-state index is 3.64. The third kappa shape index (κ3) is 1.80. The largest absolute Gasteiger partial charge is 0.384 e. The maximum absolute atomic E-state index is 3.64. The summed E-state index contributed by atoms with van der Waals surface area (Å²) in [6.07, 6.45) is 1.21. The lowest BCUT2D eigenvalue weighted by Gasteiger charge is -2.29. The lowest BCUT2D eigenvalue weighted by atomic mass is 9.85. The third-order valence-corrected chi connectivity index (χ3v) is 3.98. The average Bonchev–Trinajstić information content (AvgIpc) is 2.38. The van der Waals surface area contributed by atoms with Crippen molar-refractivity contribution in [2.45, 2.75) is 20.3 Å². The van der Waals surface area contributed by atoms with E-state index in [4.69, 9.17) is 0 Å². The van der Waals surface area contributed by atoms with E-state index in [0.29, 0.717) is 0 Å². The van der Waals surface area contributed by atoms with Gasteiger partial charge in [-0.05, 0) is 29.2 Å². The van der Waals surface area contributed by atoms with E-state index in [-0.39, 0.29) is 0 Å². The normalized spacial score (nSPS) is 19.1. The topological polar surface area (TPSA) is 12.0 Å². The fraction of sp³-hybridized carbons (Fsp3) is 0.375. The summed E-state index contributed by atoms with van der Waals surface area (Å²) in [5.74, 6) is 1.52. The van der Waals surface area contributed by atoms with Crippen molar-refractivity contribution in [1.82, 2.24) is 0 Å². The zero-order chi connectivity index (χ0) is 11.8. The van der Waals surface area contributed by atoms with Gasteiger partial charge in [-0.3, -0.25) is 0 Å². The summed E-state index contributed by atoms with van der Waals surface area (Å²) in [4.78, 5) is 0. The number of hydrogen-bond acceptors (Lipinski definition) is 1. The Bertz CT molecular complexity index is 542. The van der Waals surface area contributed by atoms with Crippen molar-refractivity contribution in [3.63, 3.8) is 0 Å². The van der Waals surface area contributed by atoms with Gasteiger partial charge >= 0.3 is 0 Å². The zero-order valence-corrected chi connectivity index (χ0v) is 10.5. The molecule has 17 heavy (non-hydrogen) atoms. The van der Waals surface area contributed by atoms with Crippen LogP contribution in [0.15, 0.2) is 36.4 Å². The van der Waals surface area contributed by atoms with Gasteiger partial charge in [-0.2, -0.15) is 0 Å². The second-order valence-corrected chi connectivity index (χ2v) is 5.41. The Labute approximate surface area is 103 Å². The molecule has 0 saturated heterocycles. The molecule has 0 aromatic heterocycles. The zero-order valence-electron chi connectivity index (χ0n) is 10.5. The second-order valence-electron chi connectivity index (χ2n) is 5.41. The molecular formula is C16H19N. The van der Waals surface area contributed by atoms with Gasteiger partial charge in [0.25, 0.3) is 0 Å². The summed E-state index contributed by atoms with van der Waals surface area (Å²) in [7, 11) is 0. The first-order chi connectivity index (χ1) is 8.25. The molecule has 0 radical (unpaired) electrons. The molecule has 1 nitrogen and oxygen atoms in total. The molecule has 1 unspecified atom stereocenters. The van der Waals surface area contributed by atoms with Gasteiger partial charge in [0.1, 0.15) is 0 Å². The van der Waals surface area contributed by atoms with Gasteiger partial charge in [0, 0.05) is 17.6 Å². The summed E-state index contributed by atoms with van der Waals surface area (Å²) in [5, 5.41) is 6.34. The fourth-order valence-electron chi connectivity index (χ4n) is 2.75. The maximum Gasteiger partial charge on any atom is 0.0452 e. The Morgan fingerprint density at radius 2 is 1.94 bits per heavy atom. The molecule has 3 rings (SSSR count). The molecule has 2 aromatic carbocycles. The van der Waals surface area contributed by atoms with E-state index in [1.54, 1.807) is 0 Å². The van der Waals surface area contributed by atoms with Gasteiger partial charge < -0.3 is 5.32 Å². The standard InChI is InChI=1S/C16H19N/c1-11(2)14-9-13-8-7-12-5-3-4-6-15(12)16(13)17-10-14/h3-8,11,14,17H,9-10H2,1-2H3. The van der Waals surface area contributed by atoms with E-state index >= 15 is 0 Å². The SMILES string of the molecule is CC(C)C1CNc2c(ccc3ccccc23)C1. The minimum Gasteiger partial charge on any atom is -0.384 e. The van der Waals surface area contributed by atoms with Crippen LogP contribution in [0, 0.1) is 11.8 Å². The molecule has 0 saturated carbocycles. The molecule has 0 fully saturated rings. The van der Waals surface area contributed by atoms with Crippen LogP contribution >= 0.6 is 0 Å².